The van der Waals surface area contributed by atoms with Gasteiger partial charge in [-0.2, -0.15) is 0 Å². The number of aryl methyl sites for hydroxylation is 1. The molecular weight excluding hydrogens is 480 g/mol. The average molecular weight is 498 g/mol. The van der Waals surface area contributed by atoms with Crippen LogP contribution in [0.3, 0.4) is 0 Å². The van der Waals surface area contributed by atoms with E-state index in [1.807, 2.05) is 55.5 Å². The first-order valence-corrected chi connectivity index (χ1v) is 11.0. The van der Waals surface area contributed by atoms with Gasteiger partial charge in [0.2, 0.25) is 5.91 Å². The van der Waals surface area contributed by atoms with Crippen molar-refractivity contribution in [1.29, 1.82) is 0 Å². The van der Waals surface area contributed by atoms with E-state index >= 15 is 0 Å². The molecule has 0 N–H and O–H groups in total. The minimum absolute atomic E-state index is 0.264. The number of rotatable bonds is 3. The molecule has 3 atom stereocenters. The molecule has 0 bridgehead atoms. The molecule has 5 nitrogen and oxygen atoms in total. The largest absolute Gasteiger partial charge is 0.273 e. The topological polar surface area (TPSA) is 49.9 Å². The molecule has 5 rings (SSSR count). The van der Waals surface area contributed by atoms with E-state index in [2.05, 4.69) is 15.9 Å². The average Bonchev–Trinajstić information content (AvgIpc) is 3.26. The number of hydrogen-bond donors (Lipinski definition) is 0. The Labute approximate surface area is 193 Å². The quantitative estimate of drug-likeness (QED) is 0.451. The van der Waals surface area contributed by atoms with Crippen molar-refractivity contribution >= 4 is 50.7 Å². The Morgan fingerprint density at radius 2 is 1.45 bits per heavy atom. The normalized spacial score (nSPS) is 22.9. The van der Waals surface area contributed by atoms with Crippen molar-refractivity contribution in [3.05, 3.63) is 93.4 Å². The van der Waals surface area contributed by atoms with Gasteiger partial charge in [0.25, 0.3) is 5.91 Å². The molecule has 0 unspecified atom stereocenters. The van der Waals surface area contributed by atoms with Crippen molar-refractivity contribution in [3.63, 3.8) is 0 Å². The summed E-state index contributed by atoms with van der Waals surface area (Å²) >= 11 is 9.44. The van der Waals surface area contributed by atoms with Crippen molar-refractivity contribution in [2.24, 2.45) is 5.92 Å². The summed E-state index contributed by atoms with van der Waals surface area (Å²) in [7, 11) is 0. The SMILES string of the molecule is Cc1ccc([C@@H]2[C@@H]3C(=O)N(c4ccc(Br)cc4)C(=O)[C@@H]3ON2c2ccc(Cl)cc2)cc1. The van der Waals surface area contributed by atoms with Crippen molar-refractivity contribution in [3.8, 4) is 0 Å². The van der Waals surface area contributed by atoms with E-state index in [0.717, 1.165) is 21.3 Å². The predicted molar refractivity (Wildman–Crippen MR) is 123 cm³/mol. The summed E-state index contributed by atoms with van der Waals surface area (Å²) in [4.78, 5) is 34.2. The lowest BCUT2D eigenvalue weighted by Crippen LogP contribution is -2.37. The van der Waals surface area contributed by atoms with E-state index < -0.39 is 18.1 Å². The summed E-state index contributed by atoms with van der Waals surface area (Å²) in [6, 6.07) is 21.8. The van der Waals surface area contributed by atoms with Crippen LogP contribution in [0.2, 0.25) is 5.02 Å². The number of amides is 2. The zero-order valence-electron chi connectivity index (χ0n) is 16.5. The number of carbonyl (C=O) groups excluding carboxylic acids is 2. The summed E-state index contributed by atoms with van der Waals surface area (Å²) in [6.07, 6.45) is -0.891. The fourth-order valence-electron chi connectivity index (χ4n) is 4.17. The molecule has 0 radical (unpaired) electrons. The van der Waals surface area contributed by atoms with Crippen LogP contribution in [0, 0.1) is 12.8 Å². The van der Waals surface area contributed by atoms with Gasteiger partial charge in [0.15, 0.2) is 6.10 Å². The summed E-state index contributed by atoms with van der Waals surface area (Å²) in [5.41, 5.74) is 3.30. The summed E-state index contributed by atoms with van der Waals surface area (Å²) in [6.45, 7) is 2.01. The Bertz CT molecular complexity index is 1150. The van der Waals surface area contributed by atoms with E-state index in [0.29, 0.717) is 10.7 Å². The standard InChI is InChI=1S/C24H18BrClN2O3/c1-14-2-4-15(5-3-14)21-20-22(31-28(21)19-12-8-17(26)9-13-19)24(30)27(23(20)29)18-10-6-16(25)7-11-18/h2-13,20-22H,1H3/t20-,21+,22+/m0/s1. The fourth-order valence-corrected chi connectivity index (χ4v) is 4.56. The van der Waals surface area contributed by atoms with Crippen LogP contribution in [0.4, 0.5) is 11.4 Å². The molecule has 2 aliphatic heterocycles. The number of carbonyl (C=O) groups is 2. The highest BCUT2D eigenvalue weighted by Gasteiger charge is 2.60. The highest BCUT2D eigenvalue weighted by molar-refractivity contribution is 9.10. The number of anilines is 2. The molecule has 2 amide bonds. The zero-order valence-corrected chi connectivity index (χ0v) is 18.9. The van der Waals surface area contributed by atoms with Gasteiger partial charge in [-0.15, -0.1) is 0 Å². The minimum atomic E-state index is -0.891. The third-order valence-corrected chi connectivity index (χ3v) is 6.48. The highest BCUT2D eigenvalue weighted by atomic mass is 79.9. The van der Waals surface area contributed by atoms with Gasteiger partial charge in [-0.1, -0.05) is 57.4 Å². The molecule has 0 spiro atoms. The summed E-state index contributed by atoms with van der Waals surface area (Å²) in [5, 5.41) is 2.27. The molecule has 31 heavy (non-hydrogen) atoms. The van der Waals surface area contributed by atoms with Gasteiger partial charge in [-0.3, -0.25) is 14.4 Å². The van der Waals surface area contributed by atoms with Gasteiger partial charge in [0, 0.05) is 9.50 Å². The number of halogens is 2. The van der Waals surface area contributed by atoms with Crippen molar-refractivity contribution in [2.45, 2.75) is 19.1 Å². The molecule has 7 heteroatoms. The highest BCUT2D eigenvalue weighted by Crippen LogP contribution is 2.47. The molecule has 156 valence electrons. The van der Waals surface area contributed by atoms with Crippen LogP contribution in [0.5, 0.6) is 0 Å². The molecule has 3 aromatic rings. The summed E-state index contributed by atoms with van der Waals surface area (Å²) in [5.74, 6) is -1.28. The van der Waals surface area contributed by atoms with Gasteiger partial charge in [0.1, 0.15) is 5.92 Å². The van der Waals surface area contributed by atoms with Crippen molar-refractivity contribution in [2.75, 3.05) is 9.96 Å². The lowest BCUT2D eigenvalue weighted by atomic mass is 9.90. The summed E-state index contributed by atoms with van der Waals surface area (Å²) < 4.78 is 0.873. The van der Waals surface area contributed by atoms with Gasteiger partial charge in [0.05, 0.1) is 17.4 Å². The lowest BCUT2D eigenvalue weighted by Gasteiger charge is -2.29. The van der Waals surface area contributed by atoms with E-state index in [-0.39, 0.29) is 11.8 Å². The van der Waals surface area contributed by atoms with Gasteiger partial charge in [-0.25, -0.2) is 9.96 Å². The molecule has 2 aliphatic rings. The Kier molecular flexibility index (Phi) is 5.08. The van der Waals surface area contributed by atoms with Crippen LogP contribution in [0.15, 0.2) is 77.3 Å². The van der Waals surface area contributed by atoms with Crippen LogP contribution in [0.1, 0.15) is 17.2 Å². The molecule has 0 saturated carbocycles. The molecule has 0 aliphatic carbocycles. The fraction of sp³-hybridized carbons (Fsp3) is 0.167. The third kappa shape index (κ3) is 3.45. The first-order chi connectivity index (χ1) is 14.9. The first-order valence-electron chi connectivity index (χ1n) is 9.85. The van der Waals surface area contributed by atoms with Gasteiger partial charge in [-0.05, 0) is 61.0 Å². The molecule has 3 aromatic carbocycles. The van der Waals surface area contributed by atoms with Crippen LogP contribution in [-0.4, -0.2) is 17.9 Å². The molecular formula is C24H18BrClN2O3. The maximum Gasteiger partial charge on any atom is 0.266 e. The number of hydrogen-bond acceptors (Lipinski definition) is 4. The molecule has 0 aromatic heterocycles. The van der Waals surface area contributed by atoms with Crippen molar-refractivity contribution in [1.82, 2.24) is 0 Å². The number of fused-ring (bicyclic) bond motifs is 1. The molecule has 2 saturated heterocycles. The van der Waals surface area contributed by atoms with Crippen LogP contribution in [-0.2, 0) is 14.4 Å². The van der Waals surface area contributed by atoms with E-state index in [1.165, 1.54) is 4.90 Å². The zero-order chi connectivity index (χ0) is 21.7. The Balaban J connectivity index is 1.57. The number of imide groups is 1. The Morgan fingerprint density at radius 1 is 0.839 bits per heavy atom. The number of hydroxylamine groups is 1. The maximum atomic E-state index is 13.5. The number of nitrogens with zero attached hydrogens (tertiary/aromatic N) is 2. The van der Waals surface area contributed by atoms with Crippen LogP contribution in [0.25, 0.3) is 0 Å². The van der Waals surface area contributed by atoms with Crippen LogP contribution < -0.4 is 9.96 Å². The Morgan fingerprint density at radius 3 is 2.10 bits per heavy atom. The van der Waals surface area contributed by atoms with Crippen molar-refractivity contribution < 1.29 is 14.4 Å². The monoisotopic (exact) mass is 496 g/mol. The third-order valence-electron chi connectivity index (χ3n) is 5.70. The minimum Gasteiger partial charge on any atom is -0.273 e. The second kappa shape index (κ2) is 7.79. The second-order valence-electron chi connectivity index (χ2n) is 7.70. The van der Waals surface area contributed by atoms with E-state index in [9.17, 15) is 9.59 Å². The number of benzene rings is 3. The second-order valence-corrected chi connectivity index (χ2v) is 9.05. The van der Waals surface area contributed by atoms with Gasteiger partial charge < -0.3 is 0 Å². The molecule has 2 fully saturated rings. The van der Waals surface area contributed by atoms with E-state index in [1.54, 1.807) is 29.3 Å². The van der Waals surface area contributed by atoms with E-state index in [4.69, 9.17) is 16.4 Å². The smallest absolute Gasteiger partial charge is 0.266 e. The first kappa shape index (κ1) is 20.2. The van der Waals surface area contributed by atoms with Gasteiger partial charge >= 0.3 is 0 Å². The predicted octanol–water partition coefficient (Wildman–Crippen LogP) is 5.46. The molecule has 2 heterocycles. The maximum absolute atomic E-state index is 13.5. The van der Waals surface area contributed by atoms with Crippen LogP contribution >= 0.6 is 27.5 Å². The lowest BCUT2D eigenvalue weighted by molar-refractivity contribution is -0.126. The Hall–Kier alpha value is -2.67.